The van der Waals surface area contributed by atoms with E-state index in [4.69, 9.17) is 9.26 Å². The highest BCUT2D eigenvalue weighted by Gasteiger charge is 2.30. The molecule has 0 radical (unpaired) electrons. The Morgan fingerprint density at radius 2 is 1.54 bits per heavy atom. The van der Waals surface area contributed by atoms with Crippen molar-refractivity contribution in [3.05, 3.63) is 83.2 Å². The van der Waals surface area contributed by atoms with Gasteiger partial charge in [0.05, 0.1) is 0 Å². The van der Waals surface area contributed by atoms with Gasteiger partial charge in [0, 0.05) is 6.42 Å². The molecule has 3 aromatic rings. The van der Waals surface area contributed by atoms with Gasteiger partial charge in [0.2, 0.25) is 11.8 Å². The van der Waals surface area contributed by atoms with Crippen LogP contribution < -0.4 is 16.0 Å². The second kappa shape index (κ2) is 14.3. The minimum Gasteiger partial charge on any atom is -0.444 e. The zero-order chi connectivity index (χ0) is 30.0. The second-order valence-corrected chi connectivity index (χ2v) is 11.3. The molecule has 0 aliphatic rings. The van der Waals surface area contributed by atoms with Crippen LogP contribution in [0.5, 0.6) is 0 Å². The fraction of sp³-hybridized carbons (Fsp3) is 0.375. The molecule has 9 nitrogen and oxygen atoms in total. The Labute approximate surface area is 241 Å². The molecule has 3 N–H and O–H groups in total. The van der Waals surface area contributed by atoms with Crippen molar-refractivity contribution in [2.45, 2.75) is 72.1 Å². The van der Waals surface area contributed by atoms with Gasteiger partial charge in [-0.25, -0.2) is 4.79 Å². The summed E-state index contributed by atoms with van der Waals surface area (Å²) in [6, 6.07) is 17.2. The fourth-order valence-corrected chi connectivity index (χ4v) is 4.08. The molecule has 9 heteroatoms. The highest BCUT2D eigenvalue weighted by Crippen LogP contribution is 2.23. The van der Waals surface area contributed by atoms with Crippen LogP contribution in [0.15, 0.2) is 65.2 Å². The lowest BCUT2D eigenvalue weighted by molar-refractivity contribution is -0.128. The highest BCUT2D eigenvalue weighted by atomic mass is 16.6. The highest BCUT2D eigenvalue weighted by molar-refractivity contribution is 6.00. The number of hydrogen-bond donors (Lipinski definition) is 3. The number of carbonyl (C=O) groups is 3. The van der Waals surface area contributed by atoms with E-state index in [2.05, 4.69) is 21.1 Å². The van der Waals surface area contributed by atoms with Gasteiger partial charge in [0.1, 0.15) is 29.1 Å². The molecule has 41 heavy (non-hydrogen) atoms. The van der Waals surface area contributed by atoms with Gasteiger partial charge in [-0.1, -0.05) is 85.7 Å². The minimum atomic E-state index is -0.962. The predicted octanol–water partition coefficient (Wildman–Crippen LogP) is 5.76. The van der Waals surface area contributed by atoms with Gasteiger partial charge >= 0.3 is 6.09 Å². The predicted molar refractivity (Wildman–Crippen MR) is 160 cm³/mol. The molecule has 1 heterocycles. The van der Waals surface area contributed by atoms with E-state index in [1.807, 2.05) is 80.6 Å². The molecule has 2 aromatic carbocycles. The normalized spacial score (nSPS) is 13.0. The quantitative estimate of drug-likeness (QED) is 0.274. The van der Waals surface area contributed by atoms with Crippen LogP contribution in [0.4, 0.5) is 10.5 Å². The van der Waals surface area contributed by atoms with Crippen molar-refractivity contribution in [2.75, 3.05) is 5.32 Å². The largest absolute Gasteiger partial charge is 0.444 e. The van der Waals surface area contributed by atoms with Gasteiger partial charge in [-0.3, -0.25) is 9.59 Å². The molecule has 218 valence electrons. The van der Waals surface area contributed by atoms with Crippen LogP contribution in [-0.2, 0) is 20.7 Å². The van der Waals surface area contributed by atoms with Crippen molar-refractivity contribution in [3.8, 4) is 0 Å². The summed E-state index contributed by atoms with van der Waals surface area (Å²) in [7, 11) is 0. The van der Waals surface area contributed by atoms with E-state index in [0.29, 0.717) is 23.6 Å². The molecule has 3 amide bonds. The molecule has 0 saturated carbocycles. The van der Waals surface area contributed by atoms with Gasteiger partial charge < -0.3 is 25.2 Å². The number of aromatic nitrogens is 1. The standard InChI is InChI=1S/C32H40N4O5/c1-21(2)19-25(30(38)35-28-22(3)36-41-27(28)18-17-23-13-9-7-10-14-23)33-29(37)26(20-24-15-11-8-12-16-24)34-31(39)40-32(4,5)6/h7-18,21,25-26H,19-20H2,1-6H3,(H,33,37)(H,34,39)(H,35,38)/b18-17+/t25-,26-/m1/s1. The molecule has 2 atom stereocenters. The lowest BCUT2D eigenvalue weighted by Crippen LogP contribution is -2.54. The van der Waals surface area contributed by atoms with Crippen molar-refractivity contribution in [3.63, 3.8) is 0 Å². The van der Waals surface area contributed by atoms with E-state index >= 15 is 0 Å². The Hall–Kier alpha value is -4.40. The number of nitrogens with one attached hydrogen (secondary N) is 3. The summed E-state index contributed by atoms with van der Waals surface area (Å²) >= 11 is 0. The van der Waals surface area contributed by atoms with Crippen molar-refractivity contribution >= 4 is 35.7 Å². The van der Waals surface area contributed by atoms with E-state index in [1.165, 1.54) is 0 Å². The number of amides is 3. The van der Waals surface area contributed by atoms with Crippen LogP contribution in [-0.4, -0.2) is 40.7 Å². The van der Waals surface area contributed by atoms with Crippen LogP contribution in [0.2, 0.25) is 0 Å². The Kier molecular flexibility index (Phi) is 10.9. The third-order valence-corrected chi connectivity index (χ3v) is 5.99. The first-order valence-electron chi connectivity index (χ1n) is 13.8. The molecule has 0 fully saturated rings. The second-order valence-electron chi connectivity index (χ2n) is 11.3. The van der Waals surface area contributed by atoms with E-state index in [-0.39, 0.29) is 12.3 Å². The summed E-state index contributed by atoms with van der Waals surface area (Å²) < 4.78 is 10.8. The average molecular weight is 561 g/mol. The number of aryl methyl sites for hydroxylation is 1. The number of anilines is 1. The monoisotopic (exact) mass is 560 g/mol. The van der Waals surface area contributed by atoms with Crippen LogP contribution >= 0.6 is 0 Å². The maximum atomic E-state index is 13.5. The van der Waals surface area contributed by atoms with Crippen LogP contribution in [0.1, 0.15) is 63.6 Å². The number of alkyl carbamates (subject to hydrolysis) is 1. The van der Waals surface area contributed by atoms with Crippen LogP contribution in [0.3, 0.4) is 0 Å². The summed E-state index contributed by atoms with van der Waals surface area (Å²) in [4.78, 5) is 39.7. The molecule has 3 rings (SSSR count). The Morgan fingerprint density at radius 1 is 0.902 bits per heavy atom. The van der Waals surface area contributed by atoms with Crippen molar-refractivity contribution in [1.82, 2.24) is 15.8 Å². The fourth-order valence-electron chi connectivity index (χ4n) is 4.08. The Balaban J connectivity index is 1.79. The first-order valence-corrected chi connectivity index (χ1v) is 13.8. The van der Waals surface area contributed by atoms with Crippen LogP contribution in [0.25, 0.3) is 12.2 Å². The maximum absolute atomic E-state index is 13.5. The number of nitrogens with zero attached hydrogens (tertiary/aromatic N) is 1. The molecule has 0 spiro atoms. The number of benzene rings is 2. The van der Waals surface area contributed by atoms with Gasteiger partial charge in [0.15, 0.2) is 5.76 Å². The number of carbonyl (C=O) groups excluding carboxylic acids is 3. The number of ether oxygens (including phenoxy) is 1. The topological polar surface area (TPSA) is 123 Å². The summed E-state index contributed by atoms with van der Waals surface area (Å²) in [5.74, 6) is -0.420. The molecule has 0 unspecified atom stereocenters. The molecule has 0 aliphatic heterocycles. The summed E-state index contributed by atoms with van der Waals surface area (Å²) in [5, 5.41) is 12.4. The minimum absolute atomic E-state index is 0.0958. The molecule has 0 bridgehead atoms. The zero-order valence-corrected chi connectivity index (χ0v) is 24.6. The third-order valence-electron chi connectivity index (χ3n) is 5.99. The van der Waals surface area contributed by atoms with E-state index < -0.39 is 35.6 Å². The van der Waals surface area contributed by atoms with Gasteiger partial charge in [-0.05, 0) is 57.2 Å². The zero-order valence-electron chi connectivity index (χ0n) is 24.6. The average Bonchev–Trinajstić information content (AvgIpc) is 3.25. The lowest BCUT2D eigenvalue weighted by Gasteiger charge is -2.26. The molecule has 0 aliphatic carbocycles. The Morgan fingerprint density at radius 3 is 2.15 bits per heavy atom. The molecular weight excluding hydrogens is 520 g/mol. The van der Waals surface area contributed by atoms with Gasteiger partial charge in [-0.2, -0.15) is 0 Å². The number of hydrogen-bond acceptors (Lipinski definition) is 6. The summed E-state index contributed by atoms with van der Waals surface area (Å²) in [5.41, 5.74) is 2.02. The van der Waals surface area contributed by atoms with E-state index in [0.717, 1.165) is 11.1 Å². The van der Waals surface area contributed by atoms with E-state index in [9.17, 15) is 14.4 Å². The molecule has 0 saturated heterocycles. The summed E-state index contributed by atoms with van der Waals surface area (Å²) in [6.45, 7) is 10.9. The smallest absolute Gasteiger partial charge is 0.408 e. The Bertz CT molecular complexity index is 1330. The van der Waals surface area contributed by atoms with Gasteiger partial charge in [-0.15, -0.1) is 0 Å². The van der Waals surface area contributed by atoms with Crippen molar-refractivity contribution < 1.29 is 23.6 Å². The maximum Gasteiger partial charge on any atom is 0.408 e. The van der Waals surface area contributed by atoms with Crippen LogP contribution in [0, 0.1) is 12.8 Å². The van der Waals surface area contributed by atoms with Crippen molar-refractivity contribution in [2.24, 2.45) is 5.92 Å². The molecule has 1 aromatic heterocycles. The first kappa shape index (κ1) is 31.1. The van der Waals surface area contributed by atoms with Crippen molar-refractivity contribution in [1.29, 1.82) is 0 Å². The SMILES string of the molecule is Cc1noc(/C=C/c2ccccc2)c1NC(=O)[C@@H](CC(C)C)NC(=O)[C@@H](Cc1ccccc1)NC(=O)OC(C)(C)C. The van der Waals surface area contributed by atoms with E-state index in [1.54, 1.807) is 33.8 Å². The molecular formula is C32H40N4O5. The lowest BCUT2D eigenvalue weighted by atomic mass is 10.0. The first-order chi connectivity index (χ1) is 19.4. The summed E-state index contributed by atoms with van der Waals surface area (Å²) in [6.07, 6.45) is 3.48. The number of rotatable bonds is 11. The van der Waals surface area contributed by atoms with Gasteiger partial charge in [0.25, 0.3) is 0 Å². The third kappa shape index (κ3) is 10.3.